The molecule has 0 saturated carbocycles. The number of ether oxygens (including phenoxy) is 1. The van der Waals surface area contributed by atoms with Crippen LogP contribution in [0.4, 0.5) is 0 Å². The second kappa shape index (κ2) is 3.80. The Morgan fingerprint density at radius 3 is 3.00 bits per heavy atom. The van der Waals surface area contributed by atoms with E-state index in [4.69, 9.17) is 4.74 Å². The fraction of sp³-hybridized carbons (Fsp3) is 0.538. The molecule has 3 rings (SSSR count). The fourth-order valence-electron chi connectivity index (χ4n) is 3.04. The van der Waals surface area contributed by atoms with E-state index in [1.54, 1.807) is 18.5 Å². The summed E-state index contributed by atoms with van der Waals surface area (Å²) in [5.41, 5.74) is -0.0865. The highest BCUT2D eigenvalue weighted by Crippen LogP contribution is 2.53. The van der Waals surface area contributed by atoms with Crippen molar-refractivity contribution in [1.29, 1.82) is 5.26 Å². The second-order valence-corrected chi connectivity index (χ2v) is 4.87. The van der Waals surface area contributed by atoms with Gasteiger partial charge in [-0.15, -0.1) is 0 Å². The van der Waals surface area contributed by atoms with E-state index in [9.17, 15) is 10.4 Å². The van der Waals surface area contributed by atoms with Gasteiger partial charge < -0.3 is 9.84 Å². The Labute approximate surface area is 99.9 Å². The molecule has 4 unspecified atom stereocenters. The number of hydrogen-bond donors (Lipinski definition) is 1. The van der Waals surface area contributed by atoms with E-state index in [0.717, 1.165) is 12.8 Å². The van der Waals surface area contributed by atoms with Crippen molar-refractivity contribution in [3.8, 4) is 6.07 Å². The van der Waals surface area contributed by atoms with Gasteiger partial charge in [-0.25, -0.2) is 0 Å². The lowest BCUT2D eigenvalue weighted by molar-refractivity contribution is 0.00326. The smallest absolute Gasteiger partial charge is 0.116 e. The van der Waals surface area contributed by atoms with Crippen LogP contribution in [0.3, 0.4) is 0 Å². The number of pyridine rings is 1. The molecule has 0 aliphatic carbocycles. The molecule has 0 spiro atoms. The van der Waals surface area contributed by atoms with Crippen LogP contribution < -0.4 is 0 Å². The first-order valence-corrected chi connectivity index (χ1v) is 5.91. The molecule has 0 amide bonds. The minimum atomic E-state index is -0.809. The van der Waals surface area contributed by atoms with E-state index < -0.39 is 11.5 Å². The summed E-state index contributed by atoms with van der Waals surface area (Å²) in [5, 5.41) is 19.9. The van der Waals surface area contributed by atoms with Gasteiger partial charge in [0.1, 0.15) is 11.5 Å². The van der Waals surface area contributed by atoms with Gasteiger partial charge >= 0.3 is 0 Å². The first-order valence-electron chi connectivity index (χ1n) is 5.91. The van der Waals surface area contributed by atoms with Gasteiger partial charge in [-0.1, -0.05) is 6.07 Å². The van der Waals surface area contributed by atoms with Gasteiger partial charge in [0, 0.05) is 18.0 Å². The molecular weight excluding hydrogens is 216 g/mol. The Hall–Kier alpha value is -1.44. The molecule has 4 heteroatoms. The fourth-order valence-corrected chi connectivity index (χ4v) is 3.04. The molecule has 2 aliphatic heterocycles. The zero-order valence-electron chi connectivity index (χ0n) is 9.41. The highest BCUT2D eigenvalue weighted by atomic mass is 16.5. The van der Waals surface area contributed by atoms with Gasteiger partial charge in [0.25, 0.3) is 0 Å². The van der Waals surface area contributed by atoms with Gasteiger partial charge in [0.05, 0.1) is 18.3 Å². The minimum absolute atomic E-state index is 0.132. The Morgan fingerprint density at radius 2 is 2.47 bits per heavy atom. The molecular formula is C13H14N2O2. The van der Waals surface area contributed by atoms with Crippen molar-refractivity contribution >= 4 is 0 Å². The lowest BCUT2D eigenvalue weighted by Gasteiger charge is -2.32. The number of fused-ring (bicyclic) bond motifs is 2. The van der Waals surface area contributed by atoms with Crippen molar-refractivity contribution in [3.63, 3.8) is 0 Å². The first kappa shape index (κ1) is 10.7. The van der Waals surface area contributed by atoms with Crippen LogP contribution in [-0.4, -0.2) is 22.3 Å². The lowest BCUT2D eigenvalue weighted by Crippen LogP contribution is -2.37. The maximum Gasteiger partial charge on any atom is 0.116 e. The summed E-state index contributed by atoms with van der Waals surface area (Å²) in [6, 6.07) is 5.89. The van der Waals surface area contributed by atoms with E-state index >= 15 is 0 Å². The van der Waals surface area contributed by atoms with Crippen molar-refractivity contribution < 1.29 is 9.84 Å². The van der Waals surface area contributed by atoms with Gasteiger partial charge in [0.2, 0.25) is 0 Å². The molecule has 4 nitrogen and oxygen atoms in total. The van der Waals surface area contributed by atoms with E-state index in [1.165, 1.54) is 0 Å². The molecule has 88 valence electrons. The summed E-state index contributed by atoms with van der Waals surface area (Å²) < 4.78 is 5.72. The van der Waals surface area contributed by atoms with Crippen LogP contribution in [0.1, 0.15) is 30.9 Å². The average Bonchev–Trinajstić information content (AvgIpc) is 2.99. The molecule has 1 aromatic heterocycles. The standard InChI is InChI=1S/C13H14N2O2/c14-8-13(6-10-3-4-11(13)17-10)12(16)9-2-1-5-15-7-9/h1-2,5,7,10-12,16H,3-4,6H2. The Bertz CT molecular complexity index is 456. The normalized spacial score (nSPS) is 36.7. The summed E-state index contributed by atoms with van der Waals surface area (Å²) in [5.74, 6) is 0. The summed E-state index contributed by atoms with van der Waals surface area (Å²) in [7, 11) is 0. The van der Waals surface area contributed by atoms with Crippen LogP contribution in [-0.2, 0) is 4.74 Å². The highest BCUT2D eigenvalue weighted by Gasteiger charge is 2.57. The molecule has 2 saturated heterocycles. The Kier molecular flexibility index (Phi) is 2.39. The van der Waals surface area contributed by atoms with Crippen LogP contribution in [0.2, 0.25) is 0 Å². The van der Waals surface area contributed by atoms with Crippen LogP contribution >= 0.6 is 0 Å². The van der Waals surface area contributed by atoms with Crippen LogP contribution in [0.25, 0.3) is 0 Å². The zero-order valence-corrected chi connectivity index (χ0v) is 9.41. The van der Waals surface area contributed by atoms with Gasteiger partial charge in [0.15, 0.2) is 0 Å². The van der Waals surface area contributed by atoms with Crippen LogP contribution in [0.15, 0.2) is 24.5 Å². The summed E-state index contributed by atoms with van der Waals surface area (Å²) in [6.45, 7) is 0. The number of hydrogen-bond acceptors (Lipinski definition) is 4. The largest absolute Gasteiger partial charge is 0.387 e. The molecule has 3 heterocycles. The van der Waals surface area contributed by atoms with Crippen LogP contribution in [0, 0.1) is 16.7 Å². The molecule has 4 atom stereocenters. The number of aliphatic hydroxyl groups excluding tert-OH is 1. The third-order valence-corrected chi connectivity index (χ3v) is 3.94. The number of aliphatic hydroxyl groups is 1. The summed E-state index contributed by atoms with van der Waals surface area (Å²) >= 11 is 0. The Balaban J connectivity index is 1.95. The van der Waals surface area contributed by atoms with E-state index in [-0.39, 0.29) is 12.2 Å². The number of rotatable bonds is 2. The van der Waals surface area contributed by atoms with Crippen molar-refractivity contribution in [1.82, 2.24) is 4.98 Å². The maximum absolute atomic E-state index is 10.5. The molecule has 2 aliphatic rings. The van der Waals surface area contributed by atoms with Gasteiger partial charge in [-0.05, 0) is 25.3 Å². The first-order chi connectivity index (χ1) is 8.26. The molecule has 1 N–H and O–H groups in total. The van der Waals surface area contributed by atoms with Gasteiger partial charge in [-0.2, -0.15) is 5.26 Å². The average molecular weight is 230 g/mol. The number of aromatic nitrogens is 1. The zero-order chi connectivity index (χ0) is 11.9. The topological polar surface area (TPSA) is 66.1 Å². The summed E-state index contributed by atoms with van der Waals surface area (Å²) in [4.78, 5) is 3.99. The predicted molar refractivity (Wildman–Crippen MR) is 59.8 cm³/mol. The molecule has 1 aromatic rings. The van der Waals surface area contributed by atoms with E-state index in [2.05, 4.69) is 11.1 Å². The van der Waals surface area contributed by atoms with Crippen molar-refractivity contribution in [3.05, 3.63) is 30.1 Å². The van der Waals surface area contributed by atoms with Crippen molar-refractivity contribution in [2.24, 2.45) is 5.41 Å². The second-order valence-electron chi connectivity index (χ2n) is 4.87. The molecule has 0 radical (unpaired) electrons. The van der Waals surface area contributed by atoms with Crippen molar-refractivity contribution in [2.75, 3.05) is 0 Å². The van der Waals surface area contributed by atoms with Crippen molar-refractivity contribution in [2.45, 2.75) is 37.6 Å². The molecule has 2 bridgehead atoms. The third kappa shape index (κ3) is 1.47. The summed E-state index contributed by atoms with van der Waals surface area (Å²) in [6.07, 6.45) is 4.99. The van der Waals surface area contributed by atoms with E-state index in [1.807, 2.05) is 6.07 Å². The van der Waals surface area contributed by atoms with Crippen LogP contribution in [0.5, 0.6) is 0 Å². The number of nitrogens with zero attached hydrogens (tertiary/aromatic N) is 2. The van der Waals surface area contributed by atoms with E-state index in [0.29, 0.717) is 12.0 Å². The molecule has 2 fully saturated rings. The Morgan fingerprint density at radius 1 is 1.59 bits per heavy atom. The predicted octanol–water partition coefficient (Wildman–Crippen LogP) is 1.58. The quantitative estimate of drug-likeness (QED) is 0.837. The highest BCUT2D eigenvalue weighted by molar-refractivity contribution is 5.24. The SMILES string of the molecule is N#CC1(C(O)c2cccnc2)CC2CCC1O2. The number of nitriles is 1. The monoisotopic (exact) mass is 230 g/mol. The third-order valence-electron chi connectivity index (χ3n) is 3.94. The minimum Gasteiger partial charge on any atom is -0.387 e. The molecule has 0 aromatic carbocycles. The molecule has 17 heavy (non-hydrogen) atoms. The maximum atomic E-state index is 10.5. The lowest BCUT2D eigenvalue weighted by atomic mass is 9.69. The van der Waals surface area contributed by atoms with Gasteiger partial charge in [-0.3, -0.25) is 4.98 Å².